The van der Waals surface area contributed by atoms with E-state index >= 15 is 0 Å². The van der Waals surface area contributed by atoms with Crippen molar-refractivity contribution in [3.8, 4) is 0 Å². The Morgan fingerprint density at radius 1 is 1.35 bits per heavy atom. The van der Waals surface area contributed by atoms with Crippen LogP contribution in [-0.4, -0.2) is 46.4 Å². The molecule has 0 aromatic heterocycles. The van der Waals surface area contributed by atoms with Gasteiger partial charge in [0.2, 0.25) is 5.91 Å². The SMILES string of the molecule is C=CC(=O)N(C)C(CC)C[SiH](OCC)OCC. The first-order chi connectivity index (χ1) is 8.10. The molecule has 0 fully saturated rings. The Morgan fingerprint density at radius 2 is 1.88 bits per heavy atom. The maximum absolute atomic E-state index is 11.6. The number of nitrogens with zero attached hydrogens (tertiary/aromatic N) is 1. The van der Waals surface area contributed by atoms with Crippen LogP contribution in [-0.2, 0) is 13.6 Å². The van der Waals surface area contributed by atoms with E-state index in [-0.39, 0.29) is 11.9 Å². The van der Waals surface area contributed by atoms with Crippen LogP contribution >= 0.6 is 0 Å². The van der Waals surface area contributed by atoms with Crippen molar-refractivity contribution in [2.24, 2.45) is 0 Å². The highest BCUT2D eigenvalue weighted by atomic mass is 28.3. The summed E-state index contributed by atoms with van der Waals surface area (Å²) in [6, 6.07) is 1.00. The Hall–Kier alpha value is -0.653. The summed E-state index contributed by atoms with van der Waals surface area (Å²) >= 11 is 0. The van der Waals surface area contributed by atoms with Crippen LogP contribution in [0.2, 0.25) is 6.04 Å². The van der Waals surface area contributed by atoms with Gasteiger partial charge >= 0.3 is 9.28 Å². The maximum atomic E-state index is 11.6. The molecular weight excluding hydrogens is 234 g/mol. The summed E-state index contributed by atoms with van der Waals surface area (Å²) in [6.45, 7) is 10.9. The predicted molar refractivity (Wildman–Crippen MR) is 72.3 cm³/mol. The first-order valence-electron chi connectivity index (χ1n) is 6.22. The van der Waals surface area contributed by atoms with Gasteiger partial charge in [-0.15, -0.1) is 0 Å². The van der Waals surface area contributed by atoms with Crippen molar-refractivity contribution in [1.29, 1.82) is 0 Å². The van der Waals surface area contributed by atoms with E-state index in [9.17, 15) is 4.79 Å². The Bertz CT molecular complexity index is 230. The molecule has 0 saturated heterocycles. The van der Waals surface area contributed by atoms with Gasteiger partial charge in [-0.2, -0.15) is 0 Å². The van der Waals surface area contributed by atoms with Crippen molar-refractivity contribution in [3.63, 3.8) is 0 Å². The fourth-order valence-corrected chi connectivity index (χ4v) is 3.91. The van der Waals surface area contributed by atoms with Crippen LogP contribution in [0.4, 0.5) is 0 Å². The highest BCUT2D eigenvalue weighted by Crippen LogP contribution is 2.12. The molecular formula is C12H25NO3Si. The van der Waals surface area contributed by atoms with Crippen LogP contribution in [0.3, 0.4) is 0 Å². The van der Waals surface area contributed by atoms with Crippen molar-refractivity contribution < 1.29 is 13.6 Å². The maximum Gasteiger partial charge on any atom is 0.323 e. The molecule has 4 nitrogen and oxygen atoms in total. The van der Waals surface area contributed by atoms with Crippen LogP contribution in [0.25, 0.3) is 0 Å². The zero-order chi connectivity index (χ0) is 13.3. The van der Waals surface area contributed by atoms with Gasteiger partial charge in [0.15, 0.2) is 0 Å². The van der Waals surface area contributed by atoms with E-state index in [4.69, 9.17) is 8.85 Å². The van der Waals surface area contributed by atoms with Gasteiger partial charge < -0.3 is 13.8 Å². The highest BCUT2D eigenvalue weighted by Gasteiger charge is 2.23. The molecule has 0 saturated carbocycles. The number of amides is 1. The average molecular weight is 259 g/mol. The standard InChI is InChI=1S/C12H25NO3Si/c1-6-11(13(5)12(14)7-2)10-17(15-8-3)16-9-4/h7,11,17H,2,6,8-10H2,1,3-5H3. The van der Waals surface area contributed by atoms with Crippen molar-refractivity contribution in [2.75, 3.05) is 20.3 Å². The van der Waals surface area contributed by atoms with Gasteiger partial charge in [-0.05, 0) is 26.3 Å². The summed E-state index contributed by atoms with van der Waals surface area (Å²) in [5.41, 5.74) is 0. The molecule has 0 radical (unpaired) electrons. The fourth-order valence-electron chi connectivity index (χ4n) is 1.70. The zero-order valence-corrected chi connectivity index (χ0v) is 12.6. The van der Waals surface area contributed by atoms with Crippen LogP contribution in [0.1, 0.15) is 27.2 Å². The third-order valence-corrected chi connectivity index (χ3v) is 5.05. The van der Waals surface area contributed by atoms with Gasteiger partial charge in [0.05, 0.1) is 0 Å². The summed E-state index contributed by atoms with van der Waals surface area (Å²) < 4.78 is 11.3. The molecule has 1 atom stereocenters. The van der Waals surface area contributed by atoms with Crippen LogP contribution in [0.5, 0.6) is 0 Å². The molecule has 0 N–H and O–H groups in total. The second-order valence-corrected chi connectivity index (χ2v) is 5.79. The predicted octanol–water partition coefficient (Wildman–Crippen LogP) is 1.70. The van der Waals surface area contributed by atoms with Crippen LogP contribution in [0, 0.1) is 0 Å². The average Bonchev–Trinajstić information content (AvgIpc) is 2.34. The molecule has 0 aliphatic carbocycles. The number of carbonyl (C=O) groups excluding carboxylic acids is 1. The molecule has 100 valence electrons. The fraction of sp³-hybridized carbons (Fsp3) is 0.750. The molecule has 1 amide bonds. The van der Waals surface area contributed by atoms with E-state index in [0.717, 1.165) is 12.5 Å². The lowest BCUT2D eigenvalue weighted by atomic mass is 10.2. The highest BCUT2D eigenvalue weighted by molar-refractivity contribution is 6.44. The van der Waals surface area contributed by atoms with Gasteiger partial charge in [0, 0.05) is 32.3 Å². The normalized spacial score (nSPS) is 12.5. The van der Waals surface area contributed by atoms with Gasteiger partial charge in [-0.3, -0.25) is 4.79 Å². The van der Waals surface area contributed by atoms with E-state index in [1.807, 2.05) is 20.9 Å². The molecule has 0 spiro atoms. The third-order valence-electron chi connectivity index (χ3n) is 2.71. The largest absolute Gasteiger partial charge is 0.397 e. The molecule has 0 aromatic carbocycles. The summed E-state index contributed by atoms with van der Waals surface area (Å²) in [7, 11) is 0.161. The lowest BCUT2D eigenvalue weighted by molar-refractivity contribution is -0.126. The van der Waals surface area contributed by atoms with Crippen LogP contribution in [0.15, 0.2) is 12.7 Å². The molecule has 0 rings (SSSR count). The molecule has 5 heteroatoms. The van der Waals surface area contributed by atoms with Crippen molar-refractivity contribution >= 4 is 15.2 Å². The van der Waals surface area contributed by atoms with Gasteiger partial charge in [-0.1, -0.05) is 13.5 Å². The van der Waals surface area contributed by atoms with E-state index in [2.05, 4.69) is 13.5 Å². The Balaban J connectivity index is 4.42. The summed E-state index contributed by atoms with van der Waals surface area (Å²) in [5.74, 6) is -0.0439. The van der Waals surface area contributed by atoms with E-state index < -0.39 is 9.28 Å². The summed E-state index contributed by atoms with van der Waals surface area (Å²) in [5, 5.41) is 0. The number of hydrogen-bond acceptors (Lipinski definition) is 3. The minimum absolute atomic E-state index is 0.0439. The third kappa shape index (κ3) is 6.00. The second-order valence-electron chi connectivity index (χ2n) is 3.79. The van der Waals surface area contributed by atoms with Crippen molar-refractivity contribution in [3.05, 3.63) is 12.7 Å². The van der Waals surface area contributed by atoms with E-state index in [1.54, 1.807) is 4.90 Å². The van der Waals surface area contributed by atoms with E-state index in [0.29, 0.717) is 13.2 Å². The topological polar surface area (TPSA) is 38.8 Å². The molecule has 1 unspecified atom stereocenters. The van der Waals surface area contributed by atoms with Crippen molar-refractivity contribution in [2.45, 2.75) is 39.3 Å². The Labute approximate surface area is 106 Å². The Morgan fingerprint density at radius 3 is 2.24 bits per heavy atom. The summed E-state index contributed by atoms with van der Waals surface area (Å²) in [6.07, 6.45) is 2.25. The minimum Gasteiger partial charge on any atom is -0.397 e. The number of carbonyl (C=O) groups is 1. The lowest BCUT2D eigenvalue weighted by Gasteiger charge is -2.28. The lowest BCUT2D eigenvalue weighted by Crippen LogP contribution is -2.40. The quantitative estimate of drug-likeness (QED) is 0.467. The first-order valence-corrected chi connectivity index (χ1v) is 7.98. The first kappa shape index (κ1) is 16.3. The van der Waals surface area contributed by atoms with Gasteiger partial charge in [0.1, 0.15) is 0 Å². The smallest absolute Gasteiger partial charge is 0.323 e. The summed E-state index contributed by atoms with van der Waals surface area (Å²) in [4.78, 5) is 13.3. The monoisotopic (exact) mass is 259 g/mol. The number of hydrogen-bond donors (Lipinski definition) is 0. The zero-order valence-electron chi connectivity index (χ0n) is 11.4. The second kappa shape index (κ2) is 9.38. The van der Waals surface area contributed by atoms with Gasteiger partial charge in [0.25, 0.3) is 0 Å². The van der Waals surface area contributed by atoms with E-state index in [1.165, 1.54) is 6.08 Å². The van der Waals surface area contributed by atoms with Crippen LogP contribution < -0.4 is 0 Å². The molecule has 0 aromatic rings. The Kier molecular flexibility index (Phi) is 9.02. The number of rotatable bonds is 9. The van der Waals surface area contributed by atoms with Crippen molar-refractivity contribution in [1.82, 2.24) is 4.90 Å². The molecule has 0 bridgehead atoms. The molecule has 0 aliphatic heterocycles. The molecule has 0 aliphatic rings. The molecule has 17 heavy (non-hydrogen) atoms. The minimum atomic E-state index is -1.65. The van der Waals surface area contributed by atoms with Gasteiger partial charge in [-0.25, -0.2) is 0 Å². The number of likely N-dealkylation sites (N-methyl/N-ethyl adjacent to an activating group) is 1. The molecule has 0 heterocycles.